The lowest BCUT2D eigenvalue weighted by Gasteiger charge is -2.26. The Morgan fingerprint density at radius 1 is 1.12 bits per heavy atom. The Morgan fingerprint density at radius 3 is 2.26 bits per heavy atom. The average Bonchev–Trinajstić information content (AvgIpc) is 3.30. The molecular weight excluding hydrogens is 487 g/mol. The first-order chi connectivity index (χ1) is 15.8. The summed E-state index contributed by atoms with van der Waals surface area (Å²) < 4.78 is 38.9. The second-order valence-corrected chi connectivity index (χ2v) is 11.4. The number of sulfone groups is 1. The van der Waals surface area contributed by atoms with Gasteiger partial charge < -0.3 is 14.4 Å². The molecule has 0 spiro atoms. The summed E-state index contributed by atoms with van der Waals surface area (Å²) in [6.07, 6.45) is 5.15. The van der Waals surface area contributed by atoms with Gasteiger partial charge in [-0.25, -0.2) is 13.0 Å². The average molecular weight is 510 g/mol. The van der Waals surface area contributed by atoms with Crippen LogP contribution in [0, 0.1) is 0 Å². The topological polar surface area (TPSA) is 171 Å². The number of phosphoric ester groups is 1. The van der Waals surface area contributed by atoms with Crippen LogP contribution in [0.2, 0.25) is 0 Å². The molecule has 2 N–H and O–H groups in total. The van der Waals surface area contributed by atoms with Crippen LogP contribution in [0.3, 0.4) is 0 Å². The van der Waals surface area contributed by atoms with Gasteiger partial charge in [-0.15, -0.1) is 0 Å². The summed E-state index contributed by atoms with van der Waals surface area (Å²) in [7, 11) is -8.96. The lowest BCUT2D eigenvalue weighted by atomic mass is 10.0. The first-order valence-electron chi connectivity index (χ1n) is 9.91. The molecule has 0 saturated carbocycles. The molecule has 2 heterocycles. The minimum atomic E-state index is -4.96. The van der Waals surface area contributed by atoms with Crippen molar-refractivity contribution in [1.82, 2.24) is 19.6 Å². The molecule has 0 saturated heterocycles. The van der Waals surface area contributed by atoms with Crippen molar-refractivity contribution < 1.29 is 32.1 Å². The minimum Gasteiger partial charge on any atom is -0.315 e. The van der Waals surface area contributed by atoms with Crippen LogP contribution in [0.1, 0.15) is 13.3 Å². The molecule has 34 heavy (non-hydrogen) atoms. The van der Waals surface area contributed by atoms with Crippen LogP contribution in [0.5, 0.6) is 0 Å². The van der Waals surface area contributed by atoms with Crippen LogP contribution >= 0.6 is 7.82 Å². The highest BCUT2D eigenvalue weighted by molar-refractivity contribution is 7.92. The maximum absolute atomic E-state index is 12.6. The molecule has 14 heteroatoms. The third kappa shape index (κ3) is 5.93. The molecule has 0 aliphatic carbocycles. The Kier molecular flexibility index (Phi) is 7.34. The number of phosphoric acid groups is 1. The van der Waals surface area contributed by atoms with Crippen molar-refractivity contribution in [2.24, 2.45) is 0 Å². The Labute approximate surface area is 195 Å². The van der Waals surface area contributed by atoms with E-state index in [1.165, 1.54) is 21.6 Å². The zero-order chi connectivity index (χ0) is 25.1. The quantitative estimate of drug-likeness (QED) is 0.375. The van der Waals surface area contributed by atoms with Crippen molar-refractivity contribution in [2.45, 2.75) is 24.6 Å². The Bertz CT molecular complexity index is 1380. The summed E-state index contributed by atoms with van der Waals surface area (Å²) in [4.78, 5) is 44.2. The summed E-state index contributed by atoms with van der Waals surface area (Å²) in [6.45, 7) is -0.0525. The van der Waals surface area contributed by atoms with Crippen LogP contribution < -0.4 is 5.56 Å². The van der Waals surface area contributed by atoms with E-state index in [1.54, 1.807) is 42.7 Å². The lowest BCUT2D eigenvalue weighted by molar-refractivity contribution is -0.123. The Morgan fingerprint density at radius 2 is 1.74 bits per heavy atom. The molecule has 182 valence electrons. The van der Waals surface area contributed by atoms with E-state index in [0.717, 1.165) is 24.4 Å². The van der Waals surface area contributed by atoms with Gasteiger partial charge in [0.1, 0.15) is 11.4 Å². The van der Waals surface area contributed by atoms with Crippen molar-refractivity contribution in [3.63, 3.8) is 0 Å². The van der Waals surface area contributed by atoms with Crippen molar-refractivity contribution in [3.8, 4) is 16.8 Å². The maximum atomic E-state index is 12.6. The van der Waals surface area contributed by atoms with Gasteiger partial charge in [-0.1, -0.05) is 12.1 Å². The summed E-state index contributed by atoms with van der Waals surface area (Å²) >= 11 is 0. The van der Waals surface area contributed by atoms with Gasteiger partial charge in [0, 0.05) is 25.1 Å². The van der Waals surface area contributed by atoms with Crippen LogP contribution in [0.4, 0.5) is 0 Å². The van der Waals surface area contributed by atoms with Gasteiger partial charge in [-0.3, -0.25) is 14.1 Å². The third-order valence-electron chi connectivity index (χ3n) is 5.45. The highest BCUT2D eigenvalue weighted by Crippen LogP contribution is 2.36. The molecule has 0 fully saturated rings. The first kappa shape index (κ1) is 25.7. The molecule has 0 bridgehead atoms. The van der Waals surface area contributed by atoms with Gasteiger partial charge in [0.05, 0.1) is 18.1 Å². The molecule has 2 aromatic heterocycles. The number of ketones is 1. The number of aryl methyl sites for hydroxylation is 1. The van der Waals surface area contributed by atoms with Crippen molar-refractivity contribution in [2.75, 3.05) is 12.9 Å². The van der Waals surface area contributed by atoms with E-state index < -0.39 is 40.4 Å². The largest absolute Gasteiger partial charge is 0.470 e. The number of carbonyl (C=O) groups is 1. The smallest absolute Gasteiger partial charge is 0.315 e. The van der Waals surface area contributed by atoms with E-state index in [2.05, 4.69) is 14.7 Å². The highest BCUT2D eigenvalue weighted by atomic mass is 32.2. The van der Waals surface area contributed by atoms with E-state index in [0.29, 0.717) is 5.56 Å². The van der Waals surface area contributed by atoms with Crippen molar-refractivity contribution in [1.29, 1.82) is 0 Å². The fourth-order valence-electron chi connectivity index (χ4n) is 3.17. The van der Waals surface area contributed by atoms with Gasteiger partial charge in [0.2, 0.25) is 0 Å². The summed E-state index contributed by atoms with van der Waals surface area (Å²) in [5, 5.41) is 8.09. The number of benzene rings is 1. The van der Waals surface area contributed by atoms with E-state index in [4.69, 9.17) is 9.79 Å². The van der Waals surface area contributed by atoms with E-state index in [9.17, 15) is 22.6 Å². The number of carbonyl (C=O) groups excluding carboxylic acids is 1. The second-order valence-electron chi connectivity index (χ2n) is 7.75. The van der Waals surface area contributed by atoms with Gasteiger partial charge in [0.25, 0.3) is 5.56 Å². The van der Waals surface area contributed by atoms with Gasteiger partial charge >= 0.3 is 7.82 Å². The van der Waals surface area contributed by atoms with Crippen LogP contribution in [0.25, 0.3) is 16.8 Å². The Hall–Kier alpha value is -2.96. The predicted molar refractivity (Wildman–Crippen MR) is 122 cm³/mol. The normalized spacial score (nSPS) is 14.0. The van der Waals surface area contributed by atoms with Gasteiger partial charge in [0.15, 0.2) is 15.6 Å². The molecule has 1 atom stereocenters. The van der Waals surface area contributed by atoms with Crippen molar-refractivity contribution in [3.05, 3.63) is 65.3 Å². The van der Waals surface area contributed by atoms with Crippen LogP contribution in [0.15, 0.2) is 59.8 Å². The molecule has 12 nitrogen and oxygen atoms in total. The molecule has 0 aliphatic heterocycles. The molecular formula is C20H23N4O8PS. The number of Topliss-reactive ketones (excluding diaryl/α,β-unsaturated/α-hetero) is 1. The molecule has 0 radical (unpaired) electrons. The number of hydrogen-bond donors (Lipinski definition) is 2. The first-order valence-corrected chi connectivity index (χ1v) is 13.3. The molecule has 0 aliphatic rings. The van der Waals surface area contributed by atoms with Gasteiger partial charge in [-0.05, 0) is 42.7 Å². The highest BCUT2D eigenvalue weighted by Gasteiger charge is 2.43. The zero-order valence-electron chi connectivity index (χ0n) is 18.3. The minimum absolute atomic E-state index is 0.117. The molecule has 1 aromatic carbocycles. The Balaban J connectivity index is 1.77. The van der Waals surface area contributed by atoms with E-state index in [1.807, 2.05) is 0 Å². The molecule has 3 rings (SSSR count). The fraction of sp³-hybridized carbons (Fsp3) is 0.300. The number of aromatic nitrogens is 4. The summed E-state index contributed by atoms with van der Waals surface area (Å²) in [5.41, 5.74) is 1.74. The van der Waals surface area contributed by atoms with Crippen LogP contribution in [-0.2, 0) is 30.3 Å². The second kappa shape index (κ2) is 9.72. The number of hydrogen-bond acceptors (Lipinski definition) is 8. The summed E-state index contributed by atoms with van der Waals surface area (Å²) in [5.74, 6) is -1.02. The van der Waals surface area contributed by atoms with Gasteiger partial charge in [-0.2, -0.15) is 15.0 Å². The summed E-state index contributed by atoms with van der Waals surface area (Å²) in [6, 6.07) is 10.3. The van der Waals surface area contributed by atoms with Crippen molar-refractivity contribution >= 4 is 23.4 Å². The van der Waals surface area contributed by atoms with E-state index >= 15 is 0 Å². The third-order valence-corrected chi connectivity index (χ3v) is 7.98. The molecule has 0 unspecified atom stereocenters. The monoisotopic (exact) mass is 510 g/mol. The molecule has 3 aromatic rings. The lowest BCUT2D eigenvalue weighted by Crippen LogP contribution is -2.46. The standard InChI is InChI=1S/C20H23N4O8PS/c1-20(34(2,30)31,18(25)14-32-33(27,28)29)8-12-23-11-7-16(13-19(23)26)15-3-5-17(6-4-15)24-21-9-10-22-24/h3-7,9-11,13H,8,12,14H2,1-2H3,(H2,27,28,29)/t20-/m1/s1. The number of pyridine rings is 1. The maximum Gasteiger partial charge on any atom is 0.470 e. The number of rotatable bonds is 10. The fourth-order valence-corrected chi connectivity index (χ4v) is 4.39. The SMILES string of the molecule is C[C@@](CCn1ccc(-c2ccc(-n3nccn3)cc2)cc1=O)(C(=O)COP(=O)(O)O)S(C)(=O)=O. The molecule has 0 amide bonds. The van der Waals surface area contributed by atoms with Crippen LogP contribution in [-0.4, -0.2) is 61.2 Å². The zero-order valence-corrected chi connectivity index (χ0v) is 20.0. The number of nitrogens with zero attached hydrogens (tertiary/aromatic N) is 4. The van der Waals surface area contributed by atoms with E-state index in [-0.39, 0.29) is 13.0 Å². The predicted octanol–water partition coefficient (Wildman–Crippen LogP) is 0.968.